The third-order valence-corrected chi connectivity index (χ3v) is 1.23. The van der Waals surface area contributed by atoms with Gasteiger partial charge in [0.1, 0.15) is 12.2 Å². The van der Waals surface area contributed by atoms with Crippen molar-refractivity contribution in [3.8, 4) is 0 Å². The number of ether oxygens (including phenoxy) is 2. The number of ketones is 1. The molecule has 1 atom stereocenters. The van der Waals surface area contributed by atoms with Crippen LogP contribution in [-0.2, 0) is 23.9 Å². The van der Waals surface area contributed by atoms with Gasteiger partial charge in [-0.2, -0.15) is 0 Å². The van der Waals surface area contributed by atoms with Crippen LogP contribution in [0.25, 0.3) is 0 Å². The molecule has 13 heavy (non-hydrogen) atoms. The van der Waals surface area contributed by atoms with Gasteiger partial charge in [0.05, 0.1) is 7.11 Å². The van der Waals surface area contributed by atoms with Gasteiger partial charge in [0.25, 0.3) is 0 Å². The van der Waals surface area contributed by atoms with E-state index < -0.39 is 18.0 Å². The molecular formula is C8H12O5. The van der Waals surface area contributed by atoms with Crippen molar-refractivity contribution in [2.75, 3.05) is 7.11 Å². The number of esters is 2. The van der Waals surface area contributed by atoms with Gasteiger partial charge in [-0.15, -0.1) is 0 Å². The van der Waals surface area contributed by atoms with Crippen molar-refractivity contribution in [2.45, 2.75) is 26.4 Å². The highest BCUT2D eigenvalue weighted by atomic mass is 16.6. The van der Waals surface area contributed by atoms with Crippen LogP contribution in [-0.4, -0.2) is 30.9 Å². The van der Waals surface area contributed by atoms with Crippen LogP contribution in [0.15, 0.2) is 0 Å². The molecule has 0 aliphatic rings. The van der Waals surface area contributed by atoms with Crippen molar-refractivity contribution < 1.29 is 23.9 Å². The van der Waals surface area contributed by atoms with E-state index >= 15 is 0 Å². The van der Waals surface area contributed by atoms with Crippen LogP contribution < -0.4 is 0 Å². The molecule has 0 aromatic heterocycles. The Bertz CT molecular complexity index is 221. The van der Waals surface area contributed by atoms with Crippen LogP contribution in [0.2, 0.25) is 0 Å². The SMILES string of the molecule is COC(=O)[C@H](C)OC(=O)CC(C)=O. The quantitative estimate of drug-likeness (QED) is 0.461. The topological polar surface area (TPSA) is 69.7 Å². The van der Waals surface area contributed by atoms with Crippen molar-refractivity contribution in [3.63, 3.8) is 0 Å². The number of carbonyl (C=O) groups excluding carboxylic acids is 3. The minimum atomic E-state index is -0.961. The van der Waals surface area contributed by atoms with Crippen molar-refractivity contribution in [1.29, 1.82) is 0 Å². The van der Waals surface area contributed by atoms with Gasteiger partial charge in [-0.25, -0.2) is 4.79 Å². The van der Waals surface area contributed by atoms with Gasteiger partial charge in [0, 0.05) is 0 Å². The molecule has 0 spiro atoms. The maximum atomic E-state index is 10.8. The second-order valence-corrected chi connectivity index (χ2v) is 2.53. The molecule has 5 nitrogen and oxygen atoms in total. The van der Waals surface area contributed by atoms with Crippen LogP contribution in [0.3, 0.4) is 0 Å². The monoisotopic (exact) mass is 188 g/mol. The summed E-state index contributed by atoms with van der Waals surface area (Å²) in [7, 11) is 1.19. The zero-order chi connectivity index (χ0) is 10.4. The maximum Gasteiger partial charge on any atom is 0.346 e. The summed E-state index contributed by atoms with van der Waals surface area (Å²) in [6.45, 7) is 2.65. The summed E-state index contributed by atoms with van der Waals surface area (Å²) >= 11 is 0. The largest absolute Gasteiger partial charge is 0.466 e. The van der Waals surface area contributed by atoms with E-state index in [-0.39, 0.29) is 12.2 Å². The normalized spacial score (nSPS) is 11.6. The first-order valence-electron chi connectivity index (χ1n) is 3.74. The van der Waals surface area contributed by atoms with Gasteiger partial charge in [-0.05, 0) is 13.8 Å². The van der Waals surface area contributed by atoms with Gasteiger partial charge >= 0.3 is 11.9 Å². The fraction of sp³-hybridized carbons (Fsp3) is 0.625. The van der Waals surface area contributed by atoms with Crippen LogP contribution in [0.4, 0.5) is 0 Å². The average Bonchev–Trinajstić information content (AvgIpc) is 2.01. The smallest absolute Gasteiger partial charge is 0.346 e. The molecule has 5 heteroatoms. The lowest BCUT2D eigenvalue weighted by molar-refractivity contribution is -0.165. The van der Waals surface area contributed by atoms with Crippen LogP contribution in [0.1, 0.15) is 20.3 Å². The van der Waals surface area contributed by atoms with Crippen molar-refractivity contribution in [2.24, 2.45) is 0 Å². The fourth-order valence-electron chi connectivity index (χ4n) is 0.656. The van der Waals surface area contributed by atoms with E-state index in [2.05, 4.69) is 9.47 Å². The van der Waals surface area contributed by atoms with E-state index in [9.17, 15) is 14.4 Å². The van der Waals surface area contributed by atoms with Crippen molar-refractivity contribution in [1.82, 2.24) is 0 Å². The van der Waals surface area contributed by atoms with Gasteiger partial charge in [0.2, 0.25) is 0 Å². The van der Waals surface area contributed by atoms with E-state index in [1.165, 1.54) is 21.0 Å². The lowest BCUT2D eigenvalue weighted by atomic mass is 10.3. The van der Waals surface area contributed by atoms with E-state index in [1.54, 1.807) is 0 Å². The molecule has 0 aliphatic heterocycles. The average molecular weight is 188 g/mol. The van der Waals surface area contributed by atoms with E-state index in [4.69, 9.17) is 0 Å². The Labute approximate surface area is 76.0 Å². The zero-order valence-electron chi connectivity index (χ0n) is 7.83. The number of Topliss-reactive ketones (excluding diaryl/α,β-unsaturated/α-hetero) is 1. The highest BCUT2D eigenvalue weighted by Gasteiger charge is 2.18. The minimum Gasteiger partial charge on any atom is -0.466 e. The van der Waals surface area contributed by atoms with Crippen molar-refractivity contribution in [3.05, 3.63) is 0 Å². The first kappa shape index (κ1) is 11.6. The zero-order valence-corrected chi connectivity index (χ0v) is 7.83. The van der Waals surface area contributed by atoms with Crippen LogP contribution in [0, 0.1) is 0 Å². The molecule has 0 heterocycles. The number of hydrogen-bond acceptors (Lipinski definition) is 5. The molecule has 0 bridgehead atoms. The molecule has 0 rings (SSSR count). The second-order valence-electron chi connectivity index (χ2n) is 2.53. The molecule has 0 aliphatic carbocycles. The first-order valence-corrected chi connectivity index (χ1v) is 3.74. The Morgan fingerprint density at radius 2 is 1.85 bits per heavy atom. The van der Waals surface area contributed by atoms with Crippen LogP contribution in [0.5, 0.6) is 0 Å². The Balaban J connectivity index is 3.91. The lowest BCUT2D eigenvalue weighted by Gasteiger charge is -2.09. The lowest BCUT2D eigenvalue weighted by Crippen LogP contribution is -2.25. The Kier molecular flexibility index (Phi) is 4.72. The predicted molar refractivity (Wildman–Crippen MR) is 42.9 cm³/mol. The molecule has 0 unspecified atom stereocenters. The number of carbonyl (C=O) groups is 3. The van der Waals surface area contributed by atoms with Gasteiger partial charge in [-0.1, -0.05) is 0 Å². The molecule has 0 aromatic rings. The van der Waals surface area contributed by atoms with E-state index in [0.29, 0.717) is 0 Å². The predicted octanol–water partition coefficient (Wildman–Crippen LogP) is 0.0702. The third-order valence-electron chi connectivity index (χ3n) is 1.23. The van der Waals surface area contributed by atoms with Gasteiger partial charge in [-0.3, -0.25) is 9.59 Å². The summed E-state index contributed by atoms with van der Waals surface area (Å²) in [5, 5.41) is 0. The first-order chi connectivity index (χ1) is 5.97. The Morgan fingerprint density at radius 1 is 1.31 bits per heavy atom. The summed E-state index contributed by atoms with van der Waals surface area (Å²) in [6, 6.07) is 0. The molecule has 0 radical (unpaired) electrons. The summed E-state index contributed by atoms with van der Waals surface area (Å²) in [4.78, 5) is 32.0. The minimum absolute atomic E-state index is 0.304. The van der Waals surface area contributed by atoms with E-state index in [1.807, 2.05) is 0 Å². The summed E-state index contributed by atoms with van der Waals surface area (Å²) in [5.41, 5.74) is 0. The fourth-order valence-corrected chi connectivity index (χ4v) is 0.656. The Morgan fingerprint density at radius 3 is 2.23 bits per heavy atom. The summed E-state index contributed by atoms with van der Waals surface area (Å²) in [6.07, 6.45) is -1.28. The molecule has 0 amide bonds. The Hall–Kier alpha value is -1.39. The summed E-state index contributed by atoms with van der Waals surface area (Å²) < 4.78 is 8.90. The standard InChI is InChI=1S/C8H12O5/c1-5(9)4-7(10)13-6(2)8(11)12-3/h6H,4H2,1-3H3/t6-/m0/s1. The number of rotatable bonds is 4. The van der Waals surface area contributed by atoms with E-state index in [0.717, 1.165) is 0 Å². The third kappa shape index (κ3) is 4.95. The summed E-state index contributed by atoms with van der Waals surface area (Å²) in [5.74, 6) is -1.66. The van der Waals surface area contributed by atoms with Gasteiger partial charge in [0.15, 0.2) is 6.10 Å². The maximum absolute atomic E-state index is 10.8. The highest BCUT2D eigenvalue weighted by Crippen LogP contribution is 1.97. The number of hydrogen-bond donors (Lipinski definition) is 0. The molecule has 0 saturated carbocycles. The highest BCUT2D eigenvalue weighted by molar-refractivity contribution is 5.94. The van der Waals surface area contributed by atoms with Crippen molar-refractivity contribution >= 4 is 17.7 Å². The number of methoxy groups -OCH3 is 1. The van der Waals surface area contributed by atoms with Crippen LogP contribution >= 0.6 is 0 Å². The second kappa shape index (κ2) is 5.29. The molecule has 0 fully saturated rings. The molecule has 0 aromatic carbocycles. The molecule has 0 N–H and O–H groups in total. The van der Waals surface area contributed by atoms with Gasteiger partial charge < -0.3 is 9.47 Å². The molecular weight excluding hydrogens is 176 g/mol. The molecule has 74 valence electrons. The molecule has 0 saturated heterocycles.